The van der Waals surface area contributed by atoms with Crippen LogP contribution in [0.4, 0.5) is 0 Å². The number of hydrogen-bond donors (Lipinski definition) is 2. The number of aryl methyl sites for hydroxylation is 1. The summed E-state index contributed by atoms with van der Waals surface area (Å²) in [5, 5.41) is 19.8. The standard InChI is InChI=1S/C24H25NO2/c26-23-14-21-17-25(18-22(21)15-24(23)27,16-20-10-5-2-6-11-20)13-7-12-19-8-3-1-4-9-19/h1-6,8-11,14-15H,7,12-13,16-18H2,(H-,26,27)/p+1. The van der Waals surface area contributed by atoms with Crippen molar-refractivity contribution in [3.05, 3.63) is 95.1 Å². The quantitative estimate of drug-likeness (QED) is 0.491. The van der Waals surface area contributed by atoms with E-state index in [1.165, 1.54) is 11.1 Å². The molecule has 27 heavy (non-hydrogen) atoms. The van der Waals surface area contributed by atoms with E-state index in [2.05, 4.69) is 60.7 Å². The van der Waals surface area contributed by atoms with Crippen molar-refractivity contribution in [1.82, 2.24) is 0 Å². The summed E-state index contributed by atoms with van der Waals surface area (Å²) >= 11 is 0. The number of nitrogens with zero attached hydrogens (tertiary/aromatic N) is 1. The summed E-state index contributed by atoms with van der Waals surface area (Å²) < 4.78 is 0.940. The van der Waals surface area contributed by atoms with Gasteiger partial charge in [0.05, 0.1) is 6.54 Å². The van der Waals surface area contributed by atoms with Crippen LogP contribution >= 0.6 is 0 Å². The Morgan fingerprint density at radius 2 is 1.22 bits per heavy atom. The van der Waals surface area contributed by atoms with Crippen LogP contribution in [0.3, 0.4) is 0 Å². The molecule has 2 N–H and O–H groups in total. The number of rotatable bonds is 6. The van der Waals surface area contributed by atoms with E-state index in [1.54, 1.807) is 12.1 Å². The second kappa shape index (κ2) is 7.45. The number of hydrogen-bond acceptors (Lipinski definition) is 2. The fourth-order valence-corrected chi connectivity index (χ4v) is 4.32. The lowest BCUT2D eigenvalue weighted by Crippen LogP contribution is -2.43. The van der Waals surface area contributed by atoms with Crippen LogP contribution in [0.15, 0.2) is 72.8 Å². The topological polar surface area (TPSA) is 40.5 Å². The van der Waals surface area contributed by atoms with Gasteiger partial charge < -0.3 is 14.7 Å². The summed E-state index contributed by atoms with van der Waals surface area (Å²) in [7, 11) is 0. The minimum Gasteiger partial charge on any atom is -0.504 e. The normalized spacial score (nSPS) is 14.8. The smallest absolute Gasteiger partial charge is 0.157 e. The third-order valence-corrected chi connectivity index (χ3v) is 5.61. The van der Waals surface area contributed by atoms with Gasteiger partial charge in [0.25, 0.3) is 0 Å². The molecule has 0 amide bonds. The molecule has 0 bridgehead atoms. The number of phenolic OH excluding ortho intramolecular Hbond substituents is 2. The van der Waals surface area contributed by atoms with Crippen LogP contribution in [0.2, 0.25) is 0 Å². The summed E-state index contributed by atoms with van der Waals surface area (Å²) in [6, 6.07) is 24.7. The van der Waals surface area contributed by atoms with Crippen LogP contribution in [0, 0.1) is 0 Å². The third-order valence-electron chi connectivity index (χ3n) is 5.61. The van der Waals surface area contributed by atoms with Gasteiger partial charge >= 0.3 is 0 Å². The van der Waals surface area contributed by atoms with Crippen LogP contribution < -0.4 is 0 Å². The number of phenols is 2. The largest absolute Gasteiger partial charge is 0.504 e. The number of benzene rings is 3. The Labute approximate surface area is 160 Å². The van der Waals surface area contributed by atoms with E-state index in [0.29, 0.717) is 0 Å². The van der Waals surface area contributed by atoms with E-state index >= 15 is 0 Å². The van der Waals surface area contributed by atoms with Crippen LogP contribution in [-0.4, -0.2) is 21.2 Å². The maximum atomic E-state index is 9.91. The fraction of sp³-hybridized carbons (Fsp3) is 0.250. The van der Waals surface area contributed by atoms with E-state index in [1.807, 2.05) is 0 Å². The van der Waals surface area contributed by atoms with E-state index in [-0.39, 0.29) is 11.5 Å². The molecule has 1 heterocycles. The second-order valence-corrected chi connectivity index (χ2v) is 7.72. The van der Waals surface area contributed by atoms with Crippen LogP contribution in [0.5, 0.6) is 11.5 Å². The minimum absolute atomic E-state index is 0.0160. The Kier molecular flexibility index (Phi) is 4.87. The Morgan fingerprint density at radius 3 is 1.78 bits per heavy atom. The van der Waals surface area contributed by atoms with Crippen molar-refractivity contribution < 1.29 is 14.7 Å². The molecule has 3 aromatic carbocycles. The van der Waals surface area contributed by atoms with Crippen molar-refractivity contribution >= 4 is 0 Å². The maximum Gasteiger partial charge on any atom is 0.157 e. The summed E-state index contributed by atoms with van der Waals surface area (Å²) in [6.45, 7) is 3.82. The molecule has 0 radical (unpaired) electrons. The average molecular weight is 360 g/mol. The molecule has 1 aliphatic rings. The average Bonchev–Trinajstić information content (AvgIpc) is 3.00. The molecule has 0 unspecified atom stereocenters. The van der Waals surface area contributed by atoms with E-state index in [9.17, 15) is 10.2 Å². The molecule has 3 aromatic rings. The predicted octanol–water partition coefficient (Wildman–Crippen LogP) is 4.76. The Bertz CT molecular complexity index is 875. The zero-order valence-corrected chi connectivity index (χ0v) is 15.5. The summed E-state index contributed by atoms with van der Waals surface area (Å²) in [4.78, 5) is 0. The van der Waals surface area contributed by atoms with Gasteiger partial charge in [0, 0.05) is 23.1 Å². The van der Waals surface area contributed by atoms with Crippen molar-refractivity contribution in [1.29, 1.82) is 0 Å². The minimum atomic E-state index is -0.0160. The van der Waals surface area contributed by atoms with E-state index < -0.39 is 0 Å². The molecule has 3 nitrogen and oxygen atoms in total. The summed E-state index contributed by atoms with van der Waals surface area (Å²) in [5.74, 6) is -0.0320. The van der Waals surface area contributed by atoms with Gasteiger partial charge in [-0.15, -0.1) is 0 Å². The molecule has 138 valence electrons. The van der Waals surface area contributed by atoms with Gasteiger partial charge in [-0.05, 0) is 24.1 Å². The van der Waals surface area contributed by atoms with Crippen molar-refractivity contribution in [3.8, 4) is 11.5 Å². The first-order chi connectivity index (χ1) is 13.1. The molecular weight excluding hydrogens is 334 g/mol. The van der Waals surface area contributed by atoms with Crippen molar-refractivity contribution in [2.24, 2.45) is 0 Å². The Balaban J connectivity index is 1.55. The molecule has 0 fully saturated rings. The molecular formula is C24H26NO2+. The molecule has 0 aliphatic carbocycles. The fourth-order valence-electron chi connectivity index (χ4n) is 4.32. The van der Waals surface area contributed by atoms with Crippen LogP contribution in [-0.2, 0) is 26.1 Å². The zero-order chi connectivity index (χ0) is 18.7. The molecule has 0 saturated carbocycles. The third kappa shape index (κ3) is 3.99. The molecule has 0 atom stereocenters. The molecule has 0 spiro atoms. The lowest BCUT2D eigenvalue weighted by molar-refractivity contribution is -0.960. The van der Waals surface area contributed by atoms with Crippen LogP contribution in [0.25, 0.3) is 0 Å². The number of fused-ring (bicyclic) bond motifs is 1. The maximum absolute atomic E-state index is 9.91. The van der Waals surface area contributed by atoms with Crippen molar-refractivity contribution in [3.63, 3.8) is 0 Å². The van der Waals surface area contributed by atoms with Gasteiger partial charge in [-0.25, -0.2) is 0 Å². The van der Waals surface area contributed by atoms with Gasteiger partial charge in [-0.3, -0.25) is 0 Å². The summed E-state index contributed by atoms with van der Waals surface area (Å²) in [6.07, 6.45) is 2.19. The highest BCUT2D eigenvalue weighted by atomic mass is 16.3. The van der Waals surface area contributed by atoms with E-state index in [0.717, 1.165) is 54.6 Å². The first-order valence-electron chi connectivity index (χ1n) is 9.60. The van der Waals surface area contributed by atoms with Gasteiger partial charge in [-0.2, -0.15) is 0 Å². The SMILES string of the molecule is Oc1cc2c(cc1O)C[N+](CCCc1ccccc1)(Cc1ccccc1)C2. The zero-order valence-electron chi connectivity index (χ0n) is 15.5. The second-order valence-electron chi connectivity index (χ2n) is 7.72. The van der Waals surface area contributed by atoms with Crippen molar-refractivity contribution in [2.45, 2.75) is 32.5 Å². The lowest BCUT2D eigenvalue weighted by atomic mass is 10.1. The van der Waals surface area contributed by atoms with Gasteiger partial charge in [0.1, 0.15) is 19.6 Å². The Morgan fingerprint density at radius 1 is 0.704 bits per heavy atom. The summed E-state index contributed by atoms with van der Waals surface area (Å²) in [5.41, 5.74) is 5.02. The number of quaternary nitrogens is 1. The highest BCUT2D eigenvalue weighted by Gasteiger charge is 2.36. The molecule has 4 rings (SSSR count). The van der Waals surface area contributed by atoms with Gasteiger partial charge in [0.15, 0.2) is 11.5 Å². The molecule has 1 aliphatic heterocycles. The molecule has 0 aromatic heterocycles. The molecule has 3 heteroatoms. The first kappa shape index (κ1) is 17.6. The first-order valence-corrected chi connectivity index (χ1v) is 9.60. The van der Waals surface area contributed by atoms with Crippen LogP contribution in [0.1, 0.15) is 28.7 Å². The highest BCUT2D eigenvalue weighted by Crippen LogP contribution is 2.38. The van der Waals surface area contributed by atoms with E-state index in [4.69, 9.17) is 0 Å². The van der Waals surface area contributed by atoms with Gasteiger partial charge in [0.2, 0.25) is 0 Å². The lowest BCUT2D eigenvalue weighted by Gasteiger charge is -2.34. The monoisotopic (exact) mass is 360 g/mol. The Hall–Kier alpha value is -2.78. The van der Waals surface area contributed by atoms with Crippen molar-refractivity contribution in [2.75, 3.05) is 6.54 Å². The number of aromatic hydroxyl groups is 2. The van der Waals surface area contributed by atoms with Gasteiger partial charge in [-0.1, -0.05) is 60.7 Å². The molecule has 0 saturated heterocycles. The predicted molar refractivity (Wildman–Crippen MR) is 107 cm³/mol. The highest BCUT2D eigenvalue weighted by molar-refractivity contribution is 5.46.